The average Bonchev–Trinajstić information content (AvgIpc) is 1.99. The van der Waals surface area contributed by atoms with Gasteiger partial charge in [0.25, 0.3) is 0 Å². The summed E-state index contributed by atoms with van der Waals surface area (Å²) in [6, 6.07) is 0. The molecular weight excluding hydrogens is 144 g/mol. The topological polar surface area (TPSA) is 74.0 Å². The van der Waals surface area contributed by atoms with Crippen molar-refractivity contribution in [2.24, 2.45) is 0 Å². The molecule has 4 nitrogen and oxygen atoms in total. The zero-order chi connectivity index (χ0) is 8.85. The molecule has 0 radical (unpaired) electrons. The Morgan fingerprint density at radius 1 is 1.36 bits per heavy atom. The van der Waals surface area contributed by atoms with Crippen molar-refractivity contribution < 1.29 is 9.53 Å². The van der Waals surface area contributed by atoms with E-state index in [1.165, 1.54) is 26.2 Å². The number of carbonyl (C=O) groups excluding carboxylic acids is 1. The Hall–Kier alpha value is -1.45. The smallest absolute Gasteiger partial charge is 0.205 e. The summed E-state index contributed by atoms with van der Waals surface area (Å²) in [6.07, 6.45) is 2.48. The van der Waals surface area contributed by atoms with E-state index < -0.39 is 0 Å². The summed E-state index contributed by atoms with van der Waals surface area (Å²) in [4.78, 5) is 10.5. The van der Waals surface area contributed by atoms with Crippen molar-refractivity contribution in [3.8, 4) is 0 Å². The lowest BCUT2D eigenvalue weighted by atomic mass is 10.2. The predicted molar refractivity (Wildman–Crippen MR) is 42.3 cm³/mol. The van der Waals surface area contributed by atoms with Crippen LogP contribution in [0.3, 0.4) is 0 Å². The summed E-state index contributed by atoms with van der Waals surface area (Å²) in [6.45, 7) is 1.29. The molecule has 0 saturated heterocycles. The largest absolute Gasteiger partial charge is 0.481 e. The van der Waals surface area contributed by atoms with Crippen molar-refractivity contribution in [1.29, 1.82) is 10.8 Å². The zero-order valence-electron chi connectivity index (χ0n) is 6.47. The van der Waals surface area contributed by atoms with E-state index in [1.54, 1.807) is 0 Å². The van der Waals surface area contributed by atoms with Gasteiger partial charge in [0, 0.05) is 13.0 Å². The minimum absolute atomic E-state index is 0.0731. The van der Waals surface area contributed by atoms with Crippen LogP contribution in [-0.2, 0) is 9.53 Å². The highest BCUT2D eigenvalue weighted by Gasteiger charge is 1.96. The van der Waals surface area contributed by atoms with Crippen LogP contribution >= 0.6 is 0 Å². The fraction of sp³-hybridized carbons (Fsp3) is 0.286. The molecule has 60 valence electrons. The Kier molecular flexibility index (Phi) is 3.80. The second-order valence-electron chi connectivity index (χ2n) is 1.87. The van der Waals surface area contributed by atoms with E-state index in [0.717, 1.165) is 0 Å². The summed E-state index contributed by atoms with van der Waals surface area (Å²) in [5, 5.41) is 14.0. The monoisotopic (exact) mass is 154 g/mol. The molecule has 0 aliphatic heterocycles. The highest BCUT2D eigenvalue weighted by molar-refractivity contribution is 6.42. The van der Waals surface area contributed by atoms with Crippen LogP contribution < -0.4 is 0 Å². The lowest BCUT2D eigenvalue weighted by Gasteiger charge is -1.92. The standard InChI is InChI=1S/C7H10N2O2/c1-5(10)6(8)3-4-7(9)11-2/h3-4,8-9H,1-2H3/b4-3-,8-6?,9-7?. The van der Waals surface area contributed by atoms with Gasteiger partial charge in [0.15, 0.2) is 5.78 Å². The van der Waals surface area contributed by atoms with Gasteiger partial charge in [-0.1, -0.05) is 0 Å². The summed E-state index contributed by atoms with van der Waals surface area (Å²) < 4.78 is 4.47. The highest BCUT2D eigenvalue weighted by atomic mass is 16.5. The SMILES string of the molecule is COC(=N)/C=C\C(=N)C(C)=O. The van der Waals surface area contributed by atoms with E-state index >= 15 is 0 Å². The number of methoxy groups -OCH3 is 1. The highest BCUT2D eigenvalue weighted by Crippen LogP contribution is 1.82. The first-order chi connectivity index (χ1) is 5.07. The molecule has 0 spiro atoms. The van der Waals surface area contributed by atoms with Crippen LogP contribution in [-0.4, -0.2) is 24.5 Å². The number of carbonyl (C=O) groups is 1. The number of ketones is 1. The number of hydrogen-bond acceptors (Lipinski definition) is 4. The maximum atomic E-state index is 10.5. The van der Waals surface area contributed by atoms with Crippen LogP contribution in [0.4, 0.5) is 0 Å². The molecule has 0 saturated carbocycles. The molecule has 0 aromatic carbocycles. The second-order valence-corrected chi connectivity index (χ2v) is 1.87. The number of nitrogens with one attached hydrogen (secondary N) is 2. The van der Waals surface area contributed by atoms with Crippen molar-refractivity contribution >= 4 is 17.4 Å². The molecule has 0 aliphatic rings. The van der Waals surface area contributed by atoms with E-state index in [1.807, 2.05) is 0 Å². The maximum absolute atomic E-state index is 10.5. The molecule has 0 heterocycles. The van der Waals surface area contributed by atoms with Crippen molar-refractivity contribution in [2.45, 2.75) is 6.92 Å². The first kappa shape index (κ1) is 9.55. The lowest BCUT2D eigenvalue weighted by molar-refractivity contribution is -0.111. The number of allylic oxidation sites excluding steroid dienone is 1. The van der Waals surface area contributed by atoms with E-state index in [9.17, 15) is 4.79 Å². The van der Waals surface area contributed by atoms with E-state index in [0.29, 0.717) is 0 Å². The summed E-state index contributed by atoms with van der Waals surface area (Å²) in [7, 11) is 1.35. The van der Waals surface area contributed by atoms with Crippen LogP contribution in [0.15, 0.2) is 12.2 Å². The van der Waals surface area contributed by atoms with Crippen molar-refractivity contribution in [3.63, 3.8) is 0 Å². The molecule has 0 aromatic heterocycles. The second kappa shape index (κ2) is 4.38. The molecule has 0 aliphatic carbocycles. The van der Waals surface area contributed by atoms with Crippen molar-refractivity contribution in [1.82, 2.24) is 0 Å². The zero-order valence-corrected chi connectivity index (χ0v) is 6.47. The molecule has 0 rings (SSSR count). The van der Waals surface area contributed by atoms with Crippen LogP contribution in [0.2, 0.25) is 0 Å². The normalized spacial score (nSPS) is 9.64. The van der Waals surface area contributed by atoms with Gasteiger partial charge in [-0.3, -0.25) is 15.6 Å². The number of rotatable bonds is 3. The van der Waals surface area contributed by atoms with Gasteiger partial charge < -0.3 is 4.74 Å². The fourth-order valence-corrected chi connectivity index (χ4v) is 0.344. The molecule has 2 N–H and O–H groups in total. The molecule has 0 atom stereocenters. The summed E-state index contributed by atoms with van der Waals surface area (Å²) in [5.41, 5.74) is -0.133. The fourth-order valence-electron chi connectivity index (χ4n) is 0.344. The quantitative estimate of drug-likeness (QED) is 0.465. The van der Waals surface area contributed by atoms with Gasteiger partial charge in [0.1, 0.15) is 0 Å². The number of Topliss-reactive ketones (excluding diaryl/α,β-unsaturated/α-hetero) is 1. The van der Waals surface area contributed by atoms with Gasteiger partial charge in [-0.2, -0.15) is 0 Å². The van der Waals surface area contributed by atoms with E-state index in [2.05, 4.69) is 4.74 Å². The number of hydrogen-bond donors (Lipinski definition) is 2. The first-order valence-corrected chi connectivity index (χ1v) is 2.98. The van der Waals surface area contributed by atoms with Gasteiger partial charge in [0.2, 0.25) is 5.90 Å². The molecule has 0 fully saturated rings. The molecule has 4 heteroatoms. The third-order valence-electron chi connectivity index (χ3n) is 1.00. The summed E-state index contributed by atoms with van der Waals surface area (Å²) >= 11 is 0. The Morgan fingerprint density at radius 2 is 1.91 bits per heavy atom. The van der Waals surface area contributed by atoms with Gasteiger partial charge in [-0.25, -0.2) is 0 Å². The Morgan fingerprint density at radius 3 is 2.27 bits per heavy atom. The first-order valence-electron chi connectivity index (χ1n) is 2.98. The summed E-state index contributed by atoms with van der Waals surface area (Å²) in [5.74, 6) is -0.402. The van der Waals surface area contributed by atoms with Gasteiger partial charge in [0.05, 0.1) is 12.8 Å². The minimum Gasteiger partial charge on any atom is -0.481 e. The molecule has 0 bridgehead atoms. The van der Waals surface area contributed by atoms with Gasteiger partial charge in [-0.05, 0) is 6.08 Å². The molecule has 11 heavy (non-hydrogen) atoms. The van der Waals surface area contributed by atoms with Gasteiger partial charge in [-0.15, -0.1) is 0 Å². The maximum Gasteiger partial charge on any atom is 0.205 e. The average molecular weight is 154 g/mol. The number of ether oxygens (including phenoxy) is 1. The Balaban J connectivity index is 4.04. The van der Waals surface area contributed by atoms with Crippen LogP contribution in [0.25, 0.3) is 0 Å². The van der Waals surface area contributed by atoms with E-state index in [-0.39, 0.29) is 17.4 Å². The Bertz CT molecular complexity index is 218. The Labute approximate surface area is 64.9 Å². The minimum atomic E-state index is -0.329. The van der Waals surface area contributed by atoms with E-state index in [4.69, 9.17) is 10.8 Å². The molecular formula is C7H10N2O2. The van der Waals surface area contributed by atoms with Gasteiger partial charge >= 0.3 is 0 Å². The van der Waals surface area contributed by atoms with Crippen LogP contribution in [0.1, 0.15) is 6.92 Å². The van der Waals surface area contributed by atoms with Crippen molar-refractivity contribution in [2.75, 3.05) is 7.11 Å². The lowest BCUT2D eigenvalue weighted by Crippen LogP contribution is -2.05. The third-order valence-corrected chi connectivity index (χ3v) is 1.00. The third kappa shape index (κ3) is 4.02. The molecule has 0 aromatic rings. The predicted octanol–water partition coefficient (Wildman–Crippen LogP) is 0.775. The van der Waals surface area contributed by atoms with Crippen LogP contribution in [0.5, 0.6) is 0 Å². The molecule has 0 unspecified atom stereocenters. The van der Waals surface area contributed by atoms with Crippen LogP contribution in [0, 0.1) is 10.8 Å². The van der Waals surface area contributed by atoms with Crippen molar-refractivity contribution in [3.05, 3.63) is 12.2 Å². The molecule has 0 amide bonds.